The van der Waals surface area contributed by atoms with Crippen LogP contribution in [0.1, 0.15) is 30.9 Å². The van der Waals surface area contributed by atoms with Crippen molar-refractivity contribution in [3.63, 3.8) is 0 Å². The van der Waals surface area contributed by atoms with Gasteiger partial charge in [-0.2, -0.15) is 13.2 Å². The molecule has 0 radical (unpaired) electrons. The van der Waals surface area contributed by atoms with Crippen LogP contribution in [0.15, 0.2) is 30.3 Å². The third-order valence-corrected chi connectivity index (χ3v) is 3.31. The second-order valence-corrected chi connectivity index (χ2v) is 5.21. The molecule has 0 heterocycles. The minimum atomic E-state index is -4.35. The van der Waals surface area contributed by atoms with E-state index in [1.807, 2.05) is 30.3 Å². The Balaban J connectivity index is 1.77. The summed E-state index contributed by atoms with van der Waals surface area (Å²) in [4.78, 5) is 11.8. The number of benzene rings is 1. The topological polar surface area (TPSA) is 38.3 Å². The van der Waals surface area contributed by atoms with E-state index in [1.54, 1.807) is 0 Å². The van der Waals surface area contributed by atoms with Crippen molar-refractivity contribution in [2.24, 2.45) is 5.92 Å². The SMILES string of the molecule is O=C(CCOCC(F)(F)F)NC(c1ccccc1)C1CC1. The van der Waals surface area contributed by atoms with Crippen LogP contribution >= 0.6 is 0 Å². The van der Waals surface area contributed by atoms with Gasteiger partial charge in [-0.25, -0.2) is 0 Å². The number of nitrogens with one attached hydrogen (secondary N) is 1. The fourth-order valence-electron chi connectivity index (χ4n) is 2.16. The maximum Gasteiger partial charge on any atom is 0.411 e. The quantitative estimate of drug-likeness (QED) is 0.785. The highest BCUT2D eigenvalue weighted by atomic mass is 19.4. The lowest BCUT2D eigenvalue weighted by molar-refractivity contribution is -0.174. The fourth-order valence-corrected chi connectivity index (χ4v) is 2.16. The molecule has 1 amide bonds. The summed E-state index contributed by atoms with van der Waals surface area (Å²) in [6.45, 7) is -1.54. The molecule has 6 heteroatoms. The van der Waals surface area contributed by atoms with Crippen LogP contribution in [0.25, 0.3) is 0 Å². The lowest BCUT2D eigenvalue weighted by atomic mass is 10.0. The first-order valence-corrected chi connectivity index (χ1v) is 6.94. The van der Waals surface area contributed by atoms with Crippen molar-refractivity contribution >= 4 is 5.91 Å². The van der Waals surface area contributed by atoms with E-state index >= 15 is 0 Å². The molecule has 1 aliphatic rings. The average molecular weight is 301 g/mol. The number of alkyl halides is 3. The Kier molecular flexibility index (Phi) is 5.22. The average Bonchev–Trinajstić information content (AvgIpc) is 3.25. The molecular weight excluding hydrogens is 283 g/mol. The first-order chi connectivity index (χ1) is 9.96. The molecule has 1 aromatic rings. The number of hydrogen-bond donors (Lipinski definition) is 1. The van der Waals surface area contributed by atoms with Crippen LogP contribution in [-0.2, 0) is 9.53 Å². The molecule has 0 saturated heterocycles. The fraction of sp³-hybridized carbons (Fsp3) is 0.533. The normalized spacial score (nSPS) is 16.5. The zero-order chi connectivity index (χ0) is 15.3. The van der Waals surface area contributed by atoms with E-state index in [4.69, 9.17) is 0 Å². The molecule has 1 saturated carbocycles. The Bertz CT molecular complexity index is 458. The number of amides is 1. The summed E-state index contributed by atoms with van der Waals surface area (Å²) in [5, 5.41) is 2.89. The smallest absolute Gasteiger partial charge is 0.372 e. The van der Waals surface area contributed by atoms with E-state index in [-0.39, 0.29) is 25.0 Å². The van der Waals surface area contributed by atoms with Gasteiger partial charge in [0.05, 0.1) is 12.6 Å². The van der Waals surface area contributed by atoms with E-state index in [9.17, 15) is 18.0 Å². The number of halogens is 3. The first kappa shape index (κ1) is 15.8. The van der Waals surface area contributed by atoms with Crippen LogP contribution in [-0.4, -0.2) is 25.3 Å². The predicted molar refractivity (Wildman–Crippen MR) is 71.5 cm³/mol. The molecule has 116 valence electrons. The van der Waals surface area contributed by atoms with Gasteiger partial charge in [0.15, 0.2) is 0 Å². The van der Waals surface area contributed by atoms with E-state index in [1.165, 1.54) is 0 Å². The van der Waals surface area contributed by atoms with Crippen molar-refractivity contribution in [3.8, 4) is 0 Å². The summed E-state index contributed by atoms with van der Waals surface area (Å²) in [6, 6.07) is 9.56. The number of rotatable bonds is 7. The highest BCUT2D eigenvalue weighted by molar-refractivity contribution is 5.76. The number of carbonyl (C=O) groups excluding carboxylic acids is 1. The van der Waals surface area contributed by atoms with Crippen molar-refractivity contribution in [2.45, 2.75) is 31.5 Å². The van der Waals surface area contributed by atoms with Crippen LogP contribution in [0.4, 0.5) is 13.2 Å². The molecule has 1 aliphatic carbocycles. The standard InChI is InChI=1S/C15H18F3NO2/c16-15(17,18)10-21-9-8-13(20)19-14(12-6-7-12)11-4-2-1-3-5-11/h1-5,12,14H,6-10H2,(H,19,20). The summed E-state index contributed by atoms with van der Waals surface area (Å²) < 4.78 is 40.1. The molecule has 1 N–H and O–H groups in total. The van der Waals surface area contributed by atoms with Gasteiger partial charge in [0.1, 0.15) is 6.61 Å². The summed E-state index contributed by atoms with van der Waals surface area (Å²) in [5.41, 5.74) is 1.03. The van der Waals surface area contributed by atoms with Gasteiger partial charge in [0.25, 0.3) is 0 Å². The second-order valence-electron chi connectivity index (χ2n) is 5.21. The van der Waals surface area contributed by atoms with Gasteiger partial charge in [-0.05, 0) is 24.3 Å². The van der Waals surface area contributed by atoms with Crippen LogP contribution in [0.2, 0.25) is 0 Å². The van der Waals surface area contributed by atoms with Gasteiger partial charge < -0.3 is 10.1 Å². The molecule has 0 aliphatic heterocycles. The van der Waals surface area contributed by atoms with Crippen LogP contribution in [0, 0.1) is 5.92 Å². The zero-order valence-electron chi connectivity index (χ0n) is 11.5. The van der Waals surface area contributed by atoms with Crippen LogP contribution < -0.4 is 5.32 Å². The summed E-state index contributed by atoms with van der Waals surface area (Å²) in [7, 11) is 0. The molecule has 1 fully saturated rings. The molecular formula is C15H18F3NO2. The maximum atomic E-state index is 11.9. The van der Waals surface area contributed by atoms with Gasteiger partial charge in [0, 0.05) is 6.42 Å². The van der Waals surface area contributed by atoms with Gasteiger partial charge >= 0.3 is 6.18 Å². The van der Waals surface area contributed by atoms with E-state index in [0.717, 1.165) is 18.4 Å². The number of carbonyl (C=O) groups is 1. The van der Waals surface area contributed by atoms with Crippen LogP contribution in [0.3, 0.4) is 0 Å². The Morgan fingerprint density at radius 3 is 2.52 bits per heavy atom. The number of ether oxygens (including phenoxy) is 1. The monoisotopic (exact) mass is 301 g/mol. The molecule has 0 spiro atoms. The number of hydrogen-bond acceptors (Lipinski definition) is 2. The van der Waals surface area contributed by atoms with Crippen molar-refractivity contribution in [1.82, 2.24) is 5.32 Å². The molecule has 0 bridgehead atoms. The molecule has 1 aromatic carbocycles. The Labute approximate surface area is 121 Å². The Hall–Kier alpha value is -1.56. The third kappa shape index (κ3) is 5.75. The van der Waals surface area contributed by atoms with Crippen molar-refractivity contribution < 1.29 is 22.7 Å². The summed E-state index contributed by atoms with van der Waals surface area (Å²) in [6.07, 6.45) is -2.29. The maximum absolute atomic E-state index is 11.9. The minimum Gasteiger partial charge on any atom is -0.372 e. The van der Waals surface area contributed by atoms with Gasteiger partial charge in [-0.3, -0.25) is 4.79 Å². The van der Waals surface area contributed by atoms with Crippen LogP contribution in [0.5, 0.6) is 0 Å². The van der Waals surface area contributed by atoms with E-state index in [2.05, 4.69) is 10.1 Å². The zero-order valence-corrected chi connectivity index (χ0v) is 11.5. The summed E-state index contributed by atoms with van der Waals surface area (Å²) in [5.74, 6) is 0.144. The highest BCUT2D eigenvalue weighted by Gasteiger charge is 2.33. The van der Waals surface area contributed by atoms with Gasteiger partial charge in [-0.15, -0.1) is 0 Å². The van der Waals surface area contributed by atoms with Crippen molar-refractivity contribution in [1.29, 1.82) is 0 Å². The molecule has 0 aromatic heterocycles. The molecule has 1 unspecified atom stereocenters. The molecule has 2 rings (SSSR count). The van der Waals surface area contributed by atoms with Gasteiger partial charge in [-0.1, -0.05) is 30.3 Å². The predicted octanol–water partition coefficient (Wildman–Crippen LogP) is 3.22. The molecule has 1 atom stereocenters. The second kappa shape index (κ2) is 6.93. The van der Waals surface area contributed by atoms with Crippen molar-refractivity contribution in [2.75, 3.05) is 13.2 Å². The van der Waals surface area contributed by atoms with E-state index in [0.29, 0.717) is 5.92 Å². The largest absolute Gasteiger partial charge is 0.411 e. The van der Waals surface area contributed by atoms with Crippen molar-refractivity contribution in [3.05, 3.63) is 35.9 Å². The Morgan fingerprint density at radius 1 is 1.29 bits per heavy atom. The third-order valence-electron chi connectivity index (χ3n) is 3.31. The van der Waals surface area contributed by atoms with E-state index < -0.39 is 12.8 Å². The van der Waals surface area contributed by atoms with Gasteiger partial charge in [0.2, 0.25) is 5.91 Å². The lowest BCUT2D eigenvalue weighted by Crippen LogP contribution is -2.31. The molecule has 3 nitrogen and oxygen atoms in total. The first-order valence-electron chi connectivity index (χ1n) is 6.94. The summed E-state index contributed by atoms with van der Waals surface area (Å²) >= 11 is 0. The highest BCUT2D eigenvalue weighted by Crippen LogP contribution is 2.40. The lowest BCUT2D eigenvalue weighted by Gasteiger charge is -2.19. The minimum absolute atomic E-state index is 0.0543. The molecule has 21 heavy (non-hydrogen) atoms. The Morgan fingerprint density at radius 2 is 1.95 bits per heavy atom.